The summed E-state index contributed by atoms with van der Waals surface area (Å²) in [4.78, 5) is 13.3. The number of hydrogen-bond acceptors (Lipinski definition) is 2. The van der Waals surface area contributed by atoms with Gasteiger partial charge in [-0.3, -0.25) is 14.4 Å². The Balaban J connectivity index is 2.89. The summed E-state index contributed by atoms with van der Waals surface area (Å²) >= 11 is 5.59. The van der Waals surface area contributed by atoms with E-state index in [0.717, 1.165) is 11.3 Å². The zero-order valence-electron chi connectivity index (χ0n) is 9.77. The molecule has 0 radical (unpaired) electrons. The van der Waals surface area contributed by atoms with Crippen molar-refractivity contribution in [3.8, 4) is 0 Å². The molecule has 88 valence electrons. The summed E-state index contributed by atoms with van der Waals surface area (Å²) in [5.41, 5.74) is 2.01. The maximum atomic E-state index is 11.7. The summed E-state index contributed by atoms with van der Waals surface area (Å²) in [5, 5.41) is 4.07. The predicted octanol–water partition coefficient (Wildman–Crippen LogP) is 2.22. The Labute approximate surface area is 100 Å². The lowest BCUT2D eigenvalue weighted by atomic mass is 10.2. The Hall–Kier alpha value is -1.29. The first-order valence-corrected chi connectivity index (χ1v) is 5.57. The molecular weight excluding hydrogens is 226 g/mol. The number of amides is 1. The van der Waals surface area contributed by atoms with Gasteiger partial charge in [-0.15, -0.1) is 11.6 Å². The molecule has 1 amide bonds. The van der Waals surface area contributed by atoms with Gasteiger partial charge in [0.2, 0.25) is 5.91 Å². The molecule has 0 bridgehead atoms. The SMILES string of the molecule is CC(C)=C(C)N(Cn1cccn1)C(=O)CCl. The lowest BCUT2D eigenvalue weighted by Gasteiger charge is -2.23. The van der Waals surface area contributed by atoms with Crippen LogP contribution in [0.15, 0.2) is 29.7 Å². The number of carbonyl (C=O) groups is 1. The zero-order valence-corrected chi connectivity index (χ0v) is 10.5. The molecular formula is C11H16ClN3O. The van der Waals surface area contributed by atoms with Crippen molar-refractivity contribution in [2.75, 3.05) is 5.88 Å². The third-order valence-electron chi connectivity index (χ3n) is 2.39. The third-order valence-corrected chi connectivity index (χ3v) is 2.62. The van der Waals surface area contributed by atoms with Gasteiger partial charge in [0.1, 0.15) is 12.5 Å². The highest BCUT2D eigenvalue weighted by molar-refractivity contribution is 6.27. The average Bonchev–Trinajstić information content (AvgIpc) is 2.76. The molecule has 0 saturated carbocycles. The Kier molecular flexibility index (Phi) is 4.55. The maximum Gasteiger partial charge on any atom is 0.243 e. The molecule has 0 atom stereocenters. The highest BCUT2D eigenvalue weighted by Crippen LogP contribution is 2.11. The van der Waals surface area contributed by atoms with E-state index in [-0.39, 0.29) is 11.8 Å². The first-order chi connectivity index (χ1) is 7.56. The van der Waals surface area contributed by atoms with Crippen molar-refractivity contribution in [2.24, 2.45) is 0 Å². The van der Waals surface area contributed by atoms with Crippen LogP contribution in [-0.2, 0) is 11.5 Å². The maximum absolute atomic E-state index is 11.7. The second-order valence-electron chi connectivity index (χ2n) is 3.73. The van der Waals surface area contributed by atoms with E-state index in [1.54, 1.807) is 15.8 Å². The van der Waals surface area contributed by atoms with Crippen molar-refractivity contribution in [1.82, 2.24) is 14.7 Å². The van der Waals surface area contributed by atoms with Crippen molar-refractivity contribution in [2.45, 2.75) is 27.4 Å². The van der Waals surface area contributed by atoms with Gasteiger partial charge in [0, 0.05) is 18.1 Å². The molecule has 0 aliphatic carbocycles. The van der Waals surface area contributed by atoms with Gasteiger partial charge in [0.25, 0.3) is 0 Å². The van der Waals surface area contributed by atoms with Crippen molar-refractivity contribution < 1.29 is 4.79 Å². The summed E-state index contributed by atoms with van der Waals surface area (Å²) in [5.74, 6) is -0.137. The van der Waals surface area contributed by atoms with E-state index >= 15 is 0 Å². The number of nitrogens with zero attached hydrogens (tertiary/aromatic N) is 3. The molecule has 16 heavy (non-hydrogen) atoms. The molecule has 1 aromatic heterocycles. The lowest BCUT2D eigenvalue weighted by Crippen LogP contribution is -2.33. The van der Waals surface area contributed by atoms with Gasteiger partial charge in [-0.05, 0) is 26.8 Å². The van der Waals surface area contributed by atoms with Crippen LogP contribution >= 0.6 is 11.6 Å². The average molecular weight is 242 g/mol. The third kappa shape index (κ3) is 3.10. The van der Waals surface area contributed by atoms with Crippen LogP contribution in [-0.4, -0.2) is 26.5 Å². The molecule has 0 aliphatic heterocycles. The number of rotatable bonds is 4. The smallest absolute Gasteiger partial charge is 0.243 e. The summed E-state index contributed by atoms with van der Waals surface area (Å²) < 4.78 is 1.69. The van der Waals surface area contributed by atoms with E-state index in [9.17, 15) is 4.79 Å². The van der Waals surface area contributed by atoms with Gasteiger partial charge in [0.05, 0.1) is 0 Å². The molecule has 0 aliphatic rings. The summed E-state index contributed by atoms with van der Waals surface area (Å²) in [6.45, 7) is 6.23. The largest absolute Gasteiger partial charge is 0.295 e. The predicted molar refractivity (Wildman–Crippen MR) is 63.8 cm³/mol. The second-order valence-corrected chi connectivity index (χ2v) is 4.00. The number of hydrogen-bond donors (Lipinski definition) is 0. The first-order valence-electron chi connectivity index (χ1n) is 5.04. The Morgan fingerprint density at radius 3 is 2.56 bits per heavy atom. The van der Waals surface area contributed by atoms with Crippen LogP contribution in [0.2, 0.25) is 0 Å². The van der Waals surface area contributed by atoms with Crippen molar-refractivity contribution in [1.29, 1.82) is 0 Å². The van der Waals surface area contributed by atoms with E-state index < -0.39 is 0 Å². The number of alkyl halides is 1. The van der Waals surface area contributed by atoms with Crippen molar-refractivity contribution >= 4 is 17.5 Å². The minimum Gasteiger partial charge on any atom is -0.295 e. The quantitative estimate of drug-likeness (QED) is 0.759. The molecule has 1 aromatic rings. The standard InChI is InChI=1S/C11H16ClN3O/c1-9(2)10(3)15(11(16)7-12)8-14-6-4-5-13-14/h4-6H,7-8H2,1-3H3. The molecule has 1 heterocycles. The Bertz CT molecular complexity index is 380. The van der Waals surface area contributed by atoms with Crippen LogP contribution < -0.4 is 0 Å². The molecule has 0 saturated heterocycles. The number of allylic oxidation sites excluding steroid dienone is 2. The van der Waals surface area contributed by atoms with Gasteiger partial charge in [-0.1, -0.05) is 5.57 Å². The number of halogens is 1. The van der Waals surface area contributed by atoms with Crippen LogP contribution in [0.25, 0.3) is 0 Å². The molecule has 0 unspecified atom stereocenters. The monoisotopic (exact) mass is 241 g/mol. The normalized spacial score (nSPS) is 10.0. The van der Waals surface area contributed by atoms with Crippen LogP contribution in [0.3, 0.4) is 0 Å². The van der Waals surface area contributed by atoms with E-state index in [2.05, 4.69) is 5.10 Å². The van der Waals surface area contributed by atoms with Crippen LogP contribution in [0.1, 0.15) is 20.8 Å². The van der Waals surface area contributed by atoms with E-state index in [1.807, 2.05) is 33.0 Å². The van der Waals surface area contributed by atoms with Gasteiger partial charge in [-0.2, -0.15) is 5.10 Å². The van der Waals surface area contributed by atoms with E-state index in [4.69, 9.17) is 11.6 Å². The molecule has 0 fully saturated rings. The minimum absolute atomic E-state index is 0.0219. The number of aromatic nitrogens is 2. The molecule has 1 rings (SSSR count). The summed E-state index contributed by atoms with van der Waals surface area (Å²) in [6.07, 6.45) is 3.49. The topological polar surface area (TPSA) is 38.1 Å². The summed E-state index contributed by atoms with van der Waals surface area (Å²) in [7, 11) is 0. The van der Waals surface area contributed by atoms with Crippen molar-refractivity contribution in [3.05, 3.63) is 29.7 Å². The van der Waals surface area contributed by atoms with Crippen LogP contribution in [0.4, 0.5) is 0 Å². The highest BCUT2D eigenvalue weighted by Gasteiger charge is 2.15. The molecule has 4 nitrogen and oxygen atoms in total. The van der Waals surface area contributed by atoms with Crippen LogP contribution in [0, 0.1) is 0 Å². The van der Waals surface area contributed by atoms with Gasteiger partial charge in [-0.25, -0.2) is 0 Å². The fourth-order valence-corrected chi connectivity index (χ4v) is 1.39. The molecule has 0 N–H and O–H groups in total. The van der Waals surface area contributed by atoms with Gasteiger partial charge < -0.3 is 0 Å². The van der Waals surface area contributed by atoms with E-state index in [1.165, 1.54) is 0 Å². The van der Waals surface area contributed by atoms with Gasteiger partial charge >= 0.3 is 0 Å². The Morgan fingerprint density at radius 1 is 1.44 bits per heavy atom. The second kappa shape index (κ2) is 5.70. The molecule has 0 aromatic carbocycles. The fourth-order valence-electron chi connectivity index (χ4n) is 1.24. The highest BCUT2D eigenvalue weighted by atomic mass is 35.5. The first kappa shape index (κ1) is 12.8. The number of carbonyl (C=O) groups excluding carboxylic acids is 1. The summed E-state index contributed by atoms with van der Waals surface area (Å²) in [6, 6.07) is 1.82. The Morgan fingerprint density at radius 2 is 2.12 bits per heavy atom. The lowest BCUT2D eigenvalue weighted by molar-refractivity contribution is -0.128. The van der Waals surface area contributed by atoms with Crippen molar-refractivity contribution in [3.63, 3.8) is 0 Å². The van der Waals surface area contributed by atoms with Gasteiger partial charge in [0.15, 0.2) is 0 Å². The minimum atomic E-state index is -0.115. The molecule has 0 spiro atoms. The zero-order chi connectivity index (χ0) is 12.1. The fraction of sp³-hybridized carbons (Fsp3) is 0.455. The van der Waals surface area contributed by atoms with E-state index in [0.29, 0.717) is 6.67 Å². The van der Waals surface area contributed by atoms with Crippen LogP contribution in [0.5, 0.6) is 0 Å². The molecule has 5 heteroatoms.